The molecule has 2 N–H and O–H groups in total. The molecule has 1 fully saturated rings. The predicted octanol–water partition coefficient (Wildman–Crippen LogP) is 1.37. The van der Waals surface area contributed by atoms with E-state index in [1.807, 2.05) is 24.6 Å². The molecule has 1 aliphatic rings. The quantitative estimate of drug-likeness (QED) is 0.345. The highest BCUT2D eigenvalue weighted by atomic mass is 127. The van der Waals surface area contributed by atoms with Gasteiger partial charge in [-0.2, -0.15) is 0 Å². The van der Waals surface area contributed by atoms with E-state index in [-0.39, 0.29) is 24.0 Å². The molecule has 1 aromatic heterocycles. The lowest BCUT2D eigenvalue weighted by Gasteiger charge is -2.10. The average molecular weight is 390 g/mol. The molecule has 20 heavy (non-hydrogen) atoms. The molecule has 112 valence electrons. The summed E-state index contributed by atoms with van der Waals surface area (Å²) in [6.07, 6.45) is 3.03. The summed E-state index contributed by atoms with van der Waals surface area (Å²) in [6, 6.07) is 0.539. The number of rotatable bonds is 5. The van der Waals surface area contributed by atoms with Crippen molar-refractivity contribution in [1.82, 2.24) is 25.4 Å². The van der Waals surface area contributed by atoms with Crippen LogP contribution in [0, 0.1) is 12.8 Å². The van der Waals surface area contributed by atoms with Crippen molar-refractivity contribution in [3.8, 4) is 0 Å². The second-order valence-corrected chi connectivity index (χ2v) is 5.02. The molecule has 1 aromatic rings. The fraction of sp³-hybridized carbons (Fsp3) is 0.615. The summed E-state index contributed by atoms with van der Waals surface area (Å²) < 4.78 is 1.95. The molecule has 0 bridgehead atoms. The fourth-order valence-electron chi connectivity index (χ4n) is 1.76. The van der Waals surface area contributed by atoms with Crippen LogP contribution in [-0.2, 0) is 13.6 Å². The van der Waals surface area contributed by atoms with Gasteiger partial charge in [-0.1, -0.05) is 13.0 Å². The Bertz CT molecular complexity index is 481. The second kappa shape index (κ2) is 7.61. The van der Waals surface area contributed by atoms with Crippen molar-refractivity contribution in [2.24, 2.45) is 18.0 Å². The molecule has 0 aliphatic heterocycles. The lowest BCUT2D eigenvalue weighted by molar-refractivity contribution is 0.746. The molecule has 2 rings (SSSR count). The van der Waals surface area contributed by atoms with Crippen molar-refractivity contribution in [2.45, 2.75) is 32.9 Å². The Hall–Kier alpha value is -1.12. The van der Waals surface area contributed by atoms with Crippen LogP contribution >= 0.6 is 24.0 Å². The van der Waals surface area contributed by atoms with Crippen molar-refractivity contribution in [3.63, 3.8) is 0 Å². The maximum atomic E-state index is 4.54. The Morgan fingerprint density at radius 3 is 2.75 bits per heavy atom. The first-order valence-electron chi connectivity index (χ1n) is 6.62. The van der Waals surface area contributed by atoms with Crippen LogP contribution in [-0.4, -0.2) is 33.3 Å². The first kappa shape index (κ1) is 16.9. The topological polar surface area (TPSA) is 67.1 Å². The molecule has 0 saturated heterocycles. The van der Waals surface area contributed by atoms with Gasteiger partial charge in [-0.3, -0.25) is 0 Å². The van der Waals surface area contributed by atoms with Crippen molar-refractivity contribution in [2.75, 3.05) is 6.54 Å². The van der Waals surface area contributed by atoms with E-state index in [1.165, 1.54) is 6.42 Å². The first-order chi connectivity index (χ1) is 9.11. The number of aromatic nitrogens is 3. The Labute approximate surface area is 137 Å². The molecule has 7 heteroatoms. The normalized spacial score (nSPS) is 21.1. The number of hydrogen-bond donors (Lipinski definition) is 2. The standard InChI is InChI=1S/C13H22N6.HI/c1-5-6-14-13(16-11-7-9(11)2)15-8-12-18-17-10(3)19(12)4;/h5,9,11H,1,6-8H2,2-4H3,(H2,14,15,16);1H. The van der Waals surface area contributed by atoms with Crippen LogP contribution in [0.4, 0.5) is 0 Å². The number of nitrogens with one attached hydrogen (secondary N) is 2. The van der Waals surface area contributed by atoms with Gasteiger partial charge in [0.25, 0.3) is 0 Å². The van der Waals surface area contributed by atoms with E-state index in [0.29, 0.717) is 19.1 Å². The zero-order valence-electron chi connectivity index (χ0n) is 12.3. The molecule has 1 saturated carbocycles. The van der Waals surface area contributed by atoms with Crippen LogP contribution in [0.2, 0.25) is 0 Å². The smallest absolute Gasteiger partial charge is 0.192 e. The van der Waals surface area contributed by atoms with Crippen molar-refractivity contribution < 1.29 is 0 Å². The highest BCUT2D eigenvalue weighted by Gasteiger charge is 2.33. The maximum absolute atomic E-state index is 4.54. The molecule has 6 nitrogen and oxygen atoms in total. The number of nitrogens with zero attached hydrogens (tertiary/aromatic N) is 4. The predicted molar refractivity (Wildman–Crippen MR) is 91.2 cm³/mol. The van der Waals surface area contributed by atoms with E-state index in [9.17, 15) is 0 Å². The number of aliphatic imine (C=N–C) groups is 1. The van der Waals surface area contributed by atoms with E-state index in [2.05, 4.69) is 39.3 Å². The first-order valence-corrected chi connectivity index (χ1v) is 6.62. The highest BCUT2D eigenvalue weighted by molar-refractivity contribution is 14.0. The zero-order valence-corrected chi connectivity index (χ0v) is 14.6. The molecule has 0 radical (unpaired) electrons. The van der Waals surface area contributed by atoms with Crippen LogP contribution in [0.25, 0.3) is 0 Å². The summed E-state index contributed by atoms with van der Waals surface area (Å²) in [6.45, 7) is 9.09. The van der Waals surface area contributed by atoms with Crippen molar-refractivity contribution in [3.05, 3.63) is 24.3 Å². The van der Waals surface area contributed by atoms with Crippen LogP contribution in [0.15, 0.2) is 17.6 Å². The summed E-state index contributed by atoms with van der Waals surface area (Å²) in [7, 11) is 1.95. The van der Waals surface area contributed by atoms with Gasteiger partial charge in [0.1, 0.15) is 12.4 Å². The van der Waals surface area contributed by atoms with Gasteiger partial charge in [0, 0.05) is 19.6 Å². The number of aryl methyl sites for hydroxylation is 1. The minimum absolute atomic E-state index is 0. The lowest BCUT2D eigenvalue weighted by atomic mass is 10.5. The van der Waals surface area contributed by atoms with Gasteiger partial charge in [0.05, 0.1) is 0 Å². The van der Waals surface area contributed by atoms with Crippen molar-refractivity contribution >= 4 is 29.9 Å². The largest absolute Gasteiger partial charge is 0.353 e. The van der Waals surface area contributed by atoms with Gasteiger partial charge >= 0.3 is 0 Å². The Morgan fingerprint density at radius 1 is 1.55 bits per heavy atom. The molecular weight excluding hydrogens is 367 g/mol. The molecule has 1 heterocycles. The van der Waals surface area contributed by atoms with Gasteiger partial charge in [-0.05, 0) is 19.3 Å². The summed E-state index contributed by atoms with van der Waals surface area (Å²) in [5.74, 6) is 3.30. The van der Waals surface area contributed by atoms with Crippen LogP contribution in [0.1, 0.15) is 25.0 Å². The summed E-state index contributed by atoms with van der Waals surface area (Å²) in [5.41, 5.74) is 0. The third kappa shape index (κ3) is 4.46. The Kier molecular flexibility index (Phi) is 6.44. The number of halogens is 1. The fourth-order valence-corrected chi connectivity index (χ4v) is 1.76. The van der Waals surface area contributed by atoms with Gasteiger partial charge in [0.2, 0.25) is 0 Å². The van der Waals surface area contributed by atoms with E-state index in [1.54, 1.807) is 0 Å². The van der Waals surface area contributed by atoms with E-state index >= 15 is 0 Å². The monoisotopic (exact) mass is 390 g/mol. The zero-order chi connectivity index (χ0) is 13.8. The van der Waals surface area contributed by atoms with E-state index < -0.39 is 0 Å². The average Bonchev–Trinajstić information content (AvgIpc) is 3.00. The Morgan fingerprint density at radius 2 is 2.25 bits per heavy atom. The lowest BCUT2D eigenvalue weighted by Crippen LogP contribution is -2.39. The molecule has 2 unspecified atom stereocenters. The van der Waals surface area contributed by atoms with Gasteiger partial charge in [-0.25, -0.2) is 4.99 Å². The van der Waals surface area contributed by atoms with Gasteiger partial charge < -0.3 is 15.2 Å². The Balaban J connectivity index is 0.00000200. The maximum Gasteiger partial charge on any atom is 0.192 e. The molecular formula is C13H23IN6. The second-order valence-electron chi connectivity index (χ2n) is 5.02. The van der Waals surface area contributed by atoms with Gasteiger partial charge in [-0.15, -0.1) is 40.8 Å². The summed E-state index contributed by atoms with van der Waals surface area (Å²) >= 11 is 0. The van der Waals surface area contributed by atoms with E-state index in [0.717, 1.165) is 23.5 Å². The molecule has 0 aromatic carbocycles. The summed E-state index contributed by atoms with van der Waals surface area (Å²) in [5, 5.41) is 14.8. The molecule has 0 spiro atoms. The minimum atomic E-state index is 0. The molecule has 1 aliphatic carbocycles. The molecule has 0 amide bonds. The SMILES string of the molecule is C=CCNC(=NCc1nnc(C)n1C)NC1CC1C.I. The third-order valence-electron chi connectivity index (χ3n) is 3.41. The number of hydrogen-bond acceptors (Lipinski definition) is 3. The van der Waals surface area contributed by atoms with Crippen LogP contribution < -0.4 is 10.6 Å². The highest BCUT2D eigenvalue weighted by Crippen LogP contribution is 2.28. The van der Waals surface area contributed by atoms with Crippen molar-refractivity contribution in [1.29, 1.82) is 0 Å². The van der Waals surface area contributed by atoms with Gasteiger partial charge in [0.15, 0.2) is 11.8 Å². The minimum Gasteiger partial charge on any atom is -0.353 e. The summed E-state index contributed by atoms with van der Waals surface area (Å²) in [4.78, 5) is 4.54. The third-order valence-corrected chi connectivity index (χ3v) is 3.41. The molecule has 2 atom stereocenters. The van der Waals surface area contributed by atoms with Crippen LogP contribution in [0.5, 0.6) is 0 Å². The van der Waals surface area contributed by atoms with E-state index in [4.69, 9.17) is 0 Å². The van der Waals surface area contributed by atoms with Crippen LogP contribution in [0.3, 0.4) is 0 Å². The number of guanidine groups is 1.